The lowest BCUT2D eigenvalue weighted by Crippen LogP contribution is -2.37. The Morgan fingerprint density at radius 2 is 2.05 bits per heavy atom. The molecule has 0 unspecified atom stereocenters. The molecule has 0 fully saturated rings. The molecule has 0 aliphatic heterocycles. The summed E-state index contributed by atoms with van der Waals surface area (Å²) < 4.78 is 0. The molecule has 2 amide bonds. The Kier molecular flexibility index (Phi) is 6.25. The lowest BCUT2D eigenvalue weighted by Gasteiger charge is -2.21. The number of rotatable bonds is 7. The van der Waals surface area contributed by atoms with Gasteiger partial charge in [-0.1, -0.05) is 24.3 Å². The molecule has 0 spiro atoms. The minimum atomic E-state index is -0.968. The summed E-state index contributed by atoms with van der Waals surface area (Å²) in [6, 6.07) is 6.31. The van der Waals surface area contributed by atoms with E-state index in [4.69, 9.17) is 10.2 Å². The number of carboxylic acids is 1. The van der Waals surface area contributed by atoms with Crippen molar-refractivity contribution in [2.75, 3.05) is 25.0 Å². The fourth-order valence-corrected chi connectivity index (χ4v) is 1.71. The highest BCUT2D eigenvalue weighted by atomic mass is 16.4. The van der Waals surface area contributed by atoms with E-state index in [2.05, 4.69) is 11.9 Å². The number of amides is 2. The van der Waals surface area contributed by atoms with Crippen LogP contribution in [-0.2, 0) is 11.2 Å². The molecule has 1 rings (SSSR count). The van der Waals surface area contributed by atoms with Gasteiger partial charge < -0.3 is 20.4 Å². The maximum atomic E-state index is 12.0. The molecule has 0 aliphatic carbocycles. The number of hydrogen-bond donors (Lipinski definition) is 3. The van der Waals surface area contributed by atoms with Crippen molar-refractivity contribution in [1.82, 2.24) is 4.90 Å². The summed E-state index contributed by atoms with van der Waals surface area (Å²) in [6.07, 6.45) is 1.39. The van der Waals surface area contributed by atoms with E-state index in [1.807, 2.05) is 0 Å². The first kappa shape index (κ1) is 15.7. The van der Waals surface area contributed by atoms with Crippen LogP contribution in [0.15, 0.2) is 36.9 Å². The predicted molar refractivity (Wildman–Crippen MR) is 75.7 cm³/mol. The van der Waals surface area contributed by atoms with Crippen molar-refractivity contribution in [2.24, 2.45) is 0 Å². The third kappa shape index (κ3) is 4.74. The first-order chi connectivity index (χ1) is 9.58. The summed E-state index contributed by atoms with van der Waals surface area (Å²) in [4.78, 5) is 24.2. The number of anilines is 1. The number of aliphatic carboxylic acids is 1. The molecule has 0 atom stereocenters. The molecule has 6 nitrogen and oxygen atoms in total. The molecule has 0 aromatic heterocycles. The number of aliphatic hydroxyl groups excluding tert-OH is 1. The Hall–Kier alpha value is -2.34. The number of nitrogens with zero attached hydrogens (tertiary/aromatic N) is 1. The predicted octanol–water partition coefficient (Wildman–Crippen LogP) is 1.33. The fraction of sp³-hybridized carbons (Fsp3) is 0.286. The van der Waals surface area contributed by atoms with E-state index in [0.717, 1.165) is 0 Å². The van der Waals surface area contributed by atoms with E-state index < -0.39 is 12.0 Å². The molecule has 0 bridgehead atoms. The zero-order valence-corrected chi connectivity index (χ0v) is 11.1. The summed E-state index contributed by atoms with van der Waals surface area (Å²) in [5.74, 6) is -0.968. The number of hydrogen-bond acceptors (Lipinski definition) is 3. The largest absolute Gasteiger partial charge is 0.481 e. The molecule has 3 N–H and O–H groups in total. The number of aliphatic hydroxyl groups is 1. The van der Waals surface area contributed by atoms with Gasteiger partial charge in [0.05, 0.1) is 13.0 Å². The second kappa shape index (κ2) is 7.96. The van der Waals surface area contributed by atoms with Crippen LogP contribution in [0, 0.1) is 0 Å². The summed E-state index contributed by atoms with van der Waals surface area (Å²) in [5.41, 5.74) is 0.975. The van der Waals surface area contributed by atoms with Crippen LogP contribution in [0.4, 0.5) is 10.5 Å². The Balaban J connectivity index is 2.83. The van der Waals surface area contributed by atoms with Crippen LogP contribution < -0.4 is 5.32 Å². The van der Waals surface area contributed by atoms with Crippen molar-refractivity contribution >= 4 is 17.7 Å². The Morgan fingerprint density at radius 1 is 1.35 bits per heavy atom. The van der Waals surface area contributed by atoms with Gasteiger partial charge in [0.15, 0.2) is 0 Å². The van der Waals surface area contributed by atoms with Crippen LogP contribution in [0.25, 0.3) is 0 Å². The van der Waals surface area contributed by atoms with Gasteiger partial charge in [0.2, 0.25) is 0 Å². The van der Waals surface area contributed by atoms with Crippen LogP contribution in [0.1, 0.15) is 5.56 Å². The molecule has 0 aliphatic rings. The lowest BCUT2D eigenvalue weighted by atomic mass is 10.1. The number of carbonyl (C=O) groups is 2. The first-order valence-electron chi connectivity index (χ1n) is 6.16. The molecule has 1 aromatic carbocycles. The smallest absolute Gasteiger partial charge is 0.322 e. The number of urea groups is 1. The number of carboxylic acid groups (broad SMARTS) is 1. The van der Waals surface area contributed by atoms with Gasteiger partial charge in [-0.25, -0.2) is 4.79 Å². The van der Waals surface area contributed by atoms with E-state index in [1.54, 1.807) is 30.3 Å². The zero-order valence-electron chi connectivity index (χ0n) is 11.1. The molecule has 108 valence electrons. The van der Waals surface area contributed by atoms with Crippen molar-refractivity contribution in [3.63, 3.8) is 0 Å². The molecule has 0 heterocycles. The Morgan fingerprint density at radius 3 is 2.65 bits per heavy atom. The second-order valence-electron chi connectivity index (χ2n) is 4.12. The van der Waals surface area contributed by atoms with Crippen molar-refractivity contribution in [2.45, 2.75) is 6.42 Å². The van der Waals surface area contributed by atoms with Gasteiger partial charge in [-0.05, 0) is 11.6 Å². The molecular weight excluding hydrogens is 260 g/mol. The minimum absolute atomic E-state index is 0.155. The standard InChI is InChI=1S/C14H18N2O4/c1-2-7-16(8-9-17)14(20)15-12-6-4-3-5-11(12)10-13(18)19/h2-6,17H,1,7-10H2,(H,15,20)(H,18,19). The van der Waals surface area contributed by atoms with Crippen molar-refractivity contribution in [3.05, 3.63) is 42.5 Å². The van der Waals surface area contributed by atoms with Gasteiger partial charge in [0.25, 0.3) is 0 Å². The van der Waals surface area contributed by atoms with Crippen molar-refractivity contribution in [3.8, 4) is 0 Å². The quantitative estimate of drug-likeness (QED) is 0.656. The highest BCUT2D eigenvalue weighted by Crippen LogP contribution is 2.16. The highest BCUT2D eigenvalue weighted by molar-refractivity contribution is 5.91. The van der Waals surface area contributed by atoms with Gasteiger partial charge >= 0.3 is 12.0 Å². The monoisotopic (exact) mass is 278 g/mol. The third-order valence-corrected chi connectivity index (χ3v) is 2.61. The SMILES string of the molecule is C=CCN(CCO)C(=O)Nc1ccccc1CC(=O)O. The van der Waals surface area contributed by atoms with Crippen LogP contribution in [-0.4, -0.2) is 46.8 Å². The Bertz CT molecular complexity index is 488. The maximum Gasteiger partial charge on any atom is 0.322 e. The maximum absolute atomic E-state index is 12.0. The first-order valence-corrected chi connectivity index (χ1v) is 6.16. The van der Waals surface area contributed by atoms with Crippen LogP contribution in [0.2, 0.25) is 0 Å². The molecule has 0 radical (unpaired) electrons. The van der Waals surface area contributed by atoms with Crippen LogP contribution in [0.3, 0.4) is 0 Å². The van der Waals surface area contributed by atoms with Crippen LogP contribution >= 0.6 is 0 Å². The lowest BCUT2D eigenvalue weighted by molar-refractivity contribution is -0.136. The van der Waals surface area contributed by atoms with Gasteiger partial charge in [-0.15, -0.1) is 6.58 Å². The van der Waals surface area contributed by atoms with Gasteiger partial charge in [-0.3, -0.25) is 4.79 Å². The van der Waals surface area contributed by atoms with Crippen LogP contribution in [0.5, 0.6) is 0 Å². The minimum Gasteiger partial charge on any atom is -0.481 e. The number of benzene rings is 1. The van der Waals surface area contributed by atoms with E-state index in [1.165, 1.54) is 4.90 Å². The summed E-state index contributed by atoms with van der Waals surface area (Å²) in [7, 11) is 0. The van der Waals surface area contributed by atoms with E-state index in [0.29, 0.717) is 17.8 Å². The fourth-order valence-electron chi connectivity index (χ4n) is 1.71. The van der Waals surface area contributed by atoms with E-state index in [9.17, 15) is 9.59 Å². The van der Waals surface area contributed by atoms with Gasteiger partial charge in [0.1, 0.15) is 0 Å². The van der Waals surface area contributed by atoms with Gasteiger partial charge in [0, 0.05) is 18.8 Å². The van der Waals surface area contributed by atoms with Gasteiger partial charge in [-0.2, -0.15) is 0 Å². The molecule has 20 heavy (non-hydrogen) atoms. The molecule has 1 aromatic rings. The average Bonchev–Trinajstić information content (AvgIpc) is 2.40. The summed E-state index contributed by atoms with van der Waals surface area (Å²) >= 11 is 0. The van der Waals surface area contributed by atoms with Crippen molar-refractivity contribution in [1.29, 1.82) is 0 Å². The van der Waals surface area contributed by atoms with E-state index >= 15 is 0 Å². The summed E-state index contributed by atoms with van der Waals surface area (Å²) in [5, 5.41) is 20.4. The normalized spacial score (nSPS) is 9.85. The third-order valence-electron chi connectivity index (χ3n) is 2.61. The highest BCUT2D eigenvalue weighted by Gasteiger charge is 2.14. The number of para-hydroxylation sites is 1. The average molecular weight is 278 g/mol. The molecular formula is C14H18N2O4. The van der Waals surface area contributed by atoms with E-state index in [-0.39, 0.29) is 19.6 Å². The zero-order chi connectivity index (χ0) is 15.0. The topological polar surface area (TPSA) is 89.9 Å². The molecule has 0 saturated heterocycles. The molecule has 0 saturated carbocycles. The number of carbonyl (C=O) groups excluding carboxylic acids is 1. The Labute approximate surface area is 117 Å². The summed E-state index contributed by atoms with van der Waals surface area (Å²) in [6.45, 7) is 3.87. The van der Waals surface area contributed by atoms with Crippen molar-refractivity contribution < 1.29 is 19.8 Å². The second-order valence-corrected chi connectivity index (χ2v) is 4.12. The molecule has 6 heteroatoms. The number of nitrogens with one attached hydrogen (secondary N) is 1.